The fourth-order valence-electron chi connectivity index (χ4n) is 3.63. The van der Waals surface area contributed by atoms with Crippen molar-refractivity contribution in [2.75, 3.05) is 39.4 Å². The highest BCUT2D eigenvalue weighted by Gasteiger charge is 2.24. The van der Waals surface area contributed by atoms with Gasteiger partial charge in [0.1, 0.15) is 0 Å². The Labute approximate surface area is 188 Å². The van der Waals surface area contributed by atoms with Crippen LogP contribution in [0.4, 0.5) is 0 Å². The SMILES string of the molecule is CCNC(=NCc1ccc(Br)cc1)NC1CCN(CC2CCOC2)CC1.I. The minimum absolute atomic E-state index is 0. The van der Waals surface area contributed by atoms with Crippen LogP contribution in [-0.4, -0.2) is 56.3 Å². The van der Waals surface area contributed by atoms with Crippen molar-refractivity contribution in [3.8, 4) is 0 Å². The maximum Gasteiger partial charge on any atom is 0.191 e. The predicted molar refractivity (Wildman–Crippen MR) is 126 cm³/mol. The van der Waals surface area contributed by atoms with E-state index in [9.17, 15) is 0 Å². The molecule has 0 aliphatic carbocycles. The van der Waals surface area contributed by atoms with Gasteiger partial charge in [-0.05, 0) is 49.8 Å². The van der Waals surface area contributed by atoms with Gasteiger partial charge in [-0.3, -0.25) is 0 Å². The second-order valence-electron chi connectivity index (χ2n) is 7.27. The summed E-state index contributed by atoms with van der Waals surface area (Å²) in [5, 5.41) is 7.01. The van der Waals surface area contributed by atoms with Crippen molar-refractivity contribution < 1.29 is 4.74 Å². The molecule has 2 aliphatic rings. The van der Waals surface area contributed by atoms with Gasteiger partial charge in [-0.25, -0.2) is 4.99 Å². The van der Waals surface area contributed by atoms with Crippen molar-refractivity contribution in [2.45, 2.75) is 38.8 Å². The molecular weight excluding hydrogens is 519 g/mol. The lowest BCUT2D eigenvalue weighted by molar-refractivity contribution is 0.150. The molecule has 152 valence electrons. The molecule has 2 heterocycles. The van der Waals surface area contributed by atoms with E-state index in [0.717, 1.165) is 36.1 Å². The molecule has 0 bridgehead atoms. The molecule has 0 saturated carbocycles. The minimum Gasteiger partial charge on any atom is -0.381 e. The smallest absolute Gasteiger partial charge is 0.191 e. The lowest BCUT2D eigenvalue weighted by Crippen LogP contribution is -2.49. The minimum atomic E-state index is 0. The van der Waals surface area contributed by atoms with E-state index < -0.39 is 0 Å². The van der Waals surface area contributed by atoms with Crippen LogP contribution >= 0.6 is 39.9 Å². The van der Waals surface area contributed by atoms with Gasteiger partial charge in [-0.15, -0.1) is 24.0 Å². The molecule has 0 radical (unpaired) electrons. The molecule has 1 aromatic rings. The molecule has 5 nitrogen and oxygen atoms in total. The lowest BCUT2D eigenvalue weighted by Gasteiger charge is -2.34. The summed E-state index contributed by atoms with van der Waals surface area (Å²) in [6.45, 7) is 9.12. The molecule has 2 saturated heterocycles. The summed E-state index contributed by atoms with van der Waals surface area (Å²) in [4.78, 5) is 7.36. The standard InChI is InChI=1S/C20H31BrN4O.HI/c1-2-22-20(23-13-16-3-5-18(21)6-4-16)24-19-7-10-25(11-8-19)14-17-9-12-26-15-17;/h3-6,17,19H,2,7-15H2,1H3,(H2,22,23,24);1H. The van der Waals surface area contributed by atoms with Gasteiger partial charge in [0.2, 0.25) is 0 Å². The van der Waals surface area contributed by atoms with E-state index >= 15 is 0 Å². The average Bonchev–Trinajstić information content (AvgIpc) is 3.16. The second-order valence-corrected chi connectivity index (χ2v) is 8.19. The molecule has 2 aliphatic heterocycles. The van der Waals surface area contributed by atoms with E-state index in [1.54, 1.807) is 0 Å². The number of likely N-dealkylation sites (tertiary alicyclic amines) is 1. The summed E-state index contributed by atoms with van der Waals surface area (Å²) in [7, 11) is 0. The summed E-state index contributed by atoms with van der Waals surface area (Å²) in [6, 6.07) is 8.87. The van der Waals surface area contributed by atoms with Crippen LogP contribution in [0, 0.1) is 5.92 Å². The first-order chi connectivity index (χ1) is 12.7. The van der Waals surface area contributed by atoms with Gasteiger partial charge in [0, 0.05) is 43.3 Å². The Morgan fingerprint density at radius 1 is 1.22 bits per heavy atom. The number of nitrogens with zero attached hydrogens (tertiary/aromatic N) is 2. The van der Waals surface area contributed by atoms with Gasteiger partial charge < -0.3 is 20.3 Å². The van der Waals surface area contributed by atoms with Crippen LogP contribution in [0.2, 0.25) is 0 Å². The second kappa shape index (κ2) is 12.2. The topological polar surface area (TPSA) is 48.9 Å². The monoisotopic (exact) mass is 550 g/mol. The molecule has 1 unspecified atom stereocenters. The number of rotatable bonds is 6. The molecule has 1 atom stereocenters. The number of hydrogen-bond donors (Lipinski definition) is 2. The number of benzene rings is 1. The number of aliphatic imine (C=N–C) groups is 1. The maximum atomic E-state index is 5.50. The maximum absolute atomic E-state index is 5.50. The fourth-order valence-corrected chi connectivity index (χ4v) is 3.89. The average molecular weight is 551 g/mol. The van der Waals surface area contributed by atoms with Gasteiger partial charge >= 0.3 is 0 Å². The molecule has 3 rings (SSSR count). The van der Waals surface area contributed by atoms with Gasteiger partial charge in [0.15, 0.2) is 5.96 Å². The molecular formula is C20H32BrIN4O. The third-order valence-corrected chi connectivity index (χ3v) is 5.67. The predicted octanol–water partition coefficient (Wildman–Crippen LogP) is 3.62. The first-order valence-corrected chi connectivity index (χ1v) is 10.6. The summed E-state index contributed by atoms with van der Waals surface area (Å²) < 4.78 is 6.61. The first kappa shape index (κ1) is 22.9. The zero-order valence-electron chi connectivity index (χ0n) is 16.1. The van der Waals surface area contributed by atoms with Crippen LogP contribution in [0.15, 0.2) is 33.7 Å². The van der Waals surface area contributed by atoms with E-state index in [4.69, 9.17) is 9.73 Å². The fraction of sp³-hybridized carbons (Fsp3) is 0.650. The molecule has 7 heteroatoms. The van der Waals surface area contributed by atoms with E-state index in [2.05, 4.69) is 62.7 Å². The summed E-state index contributed by atoms with van der Waals surface area (Å²) in [5.74, 6) is 1.67. The largest absolute Gasteiger partial charge is 0.381 e. The summed E-state index contributed by atoms with van der Waals surface area (Å²) in [6.07, 6.45) is 3.58. The molecule has 0 aromatic heterocycles. The lowest BCUT2D eigenvalue weighted by atomic mass is 10.0. The Hall–Kier alpha value is -0.380. The van der Waals surface area contributed by atoms with E-state index in [-0.39, 0.29) is 24.0 Å². The van der Waals surface area contributed by atoms with Crippen LogP contribution in [0.3, 0.4) is 0 Å². The third kappa shape index (κ3) is 7.87. The normalized spacial score (nSPS) is 21.7. The highest BCUT2D eigenvalue weighted by molar-refractivity contribution is 14.0. The van der Waals surface area contributed by atoms with Crippen molar-refractivity contribution in [3.63, 3.8) is 0 Å². The van der Waals surface area contributed by atoms with Crippen molar-refractivity contribution in [1.82, 2.24) is 15.5 Å². The number of hydrogen-bond acceptors (Lipinski definition) is 3. The Morgan fingerprint density at radius 2 is 1.96 bits per heavy atom. The Bertz CT molecular complexity index is 570. The molecule has 2 fully saturated rings. The van der Waals surface area contributed by atoms with Crippen molar-refractivity contribution >= 4 is 45.9 Å². The Morgan fingerprint density at radius 3 is 2.59 bits per heavy atom. The number of nitrogens with one attached hydrogen (secondary N) is 2. The van der Waals surface area contributed by atoms with Crippen molar-refractivity contribution in [3.05, 3.63) is 34.3 Å². The zero-order valence-corrected chi connectivity index (χ0v) is 20.0. The molecule has 0 spiro atoms. The van der Waals surface area contributed by atoms with Crippen molar-refractivity contribution in [2.24, 2.45) is 10.9 Å². The zero-order chi connectivity index (χ0) is 18.2. The molecule has 27 heavy (non-hydrogen) atoms. The van der Waals surface area contributed by atoms with Crippen molar-refractivity contribution in [1.29, 1.82) is 0 Å². The van der Waals surface area contributed by atoms with Crippen LogP contribution in [0.5, 0.6) is 0 Å². The number of piperidine rings is 1. The number of halogens is 2. The highest BCUT2D eigenvalue weighted by atomic mass is 127. The summed E-state index contributed by atoms with van der Waals surface area (Å²) >= 11 is 3.48. The van der Waals surface area contributed by atoms with Gasteiger partial charge in [-0.1, -0.05) is 28.1 Å². The third-order valence-electron chi connectivity index (χ3n) is 5.15. The summed E-state index contributed by atoms with van der Waals surface area (Å²) in [5.41, 5.74) is 1.22. The first-order valence-electron chi connectivity index (χ1n) is 9.82. The van der Waals surface area contributed by atoms with Crippen LogP contribution in [0.1, 0.15) is 31.7 Å². The highest BCUT2D eigenvalue weighted by Crippen LogP contribution is 2.17. The quantitative estimate of drug-likeness (QED) is 0.323. The molecule has 2 N–H and O–H groups in total. The van der Waals surface area contributed by atoms with Gasteiger partial charge in [-0.2, -0.15) is 0 Å². The Kier molecular flexibility index (Phi) is 10.4. The number of guanidine groups is 1. The Balaban J connectivity index is 0.00000261. The number of ether oxygens (including phenoxy) is 1. The van der Waals surface area contributed by atoms with E-state index in [0.29, 0.717) is 12.6 Å². The molecule has 1 aromatic carbocycles. The van der Waals surface area contributed by atoms with Crippen LogP contribution in [0.25, 0.3) is 0 Å². The van der Waals surface area contributed by atoms with Crippen LogP contribution in [-0.2, 0) is 11.3 Å². The van der Waals surface area contributed by atoms with Gasteiger partial charge in [0.05, 0.1) is 13.2 Å². The van der Waals surface area contributed by atoms with E-state index in [1.807, 2.05) is 0 Å². The van der Waals surface area contributed by atoms with E-state index in [1.165, 1.54) is 44.5 Å². The van der Waals surface area contributed by atoms with Crippen LogP contribution < -0.4 is 10.6 Å². The molecule has 0 amide bonds. The van der Waals surface area contributed by atoms with Gasteiger partial charge in [0.25, 0.3) is 0 Å².